The van der Waals surface area contributed by atoms with Crippen LogP contribution in [0.3, 0.4) is 0 Å². The van der Waals surface area contributed by atoms with Gasteiger partial charge in [-0.15, -0.1) is 11.3 Å². The second-order valence-electron chi connectivity index (χ2n) is 4.87. The van der Waals surface area contributed by atoms with Crippen LogP contribution < -0.4 is 0 Å². The molecule has 0 saturated heterocycles. The molecule has 0 amide bonds. The number of hydrogen-bond donors (Lipinski definition) is 1. The molecule has 2 aromatic rings. The number of rotatable bonds is 3. The number of carboxylic acids is 1. The number of aromatic nitrogens is 2. The summed E-state index contributed by atoms with van der Waals surface area (Å²) in [6.45, 7) is 0. The van der Waals surface area contributed by atoms with Gasteiger partial charge in [-0.1, -0.05) is 12.8 Å². The highest BCUT2D eigenvalue weighted by Crippen LogP contribution is 2.42. The van der Waals surface area contributed by atoms with Gasteiger partial charge in [-0.25, -0.2) is 4.98 Å². The van der Waals surface area contributed by atoms with E-state index in [1.165, 1.54) is 11.3 Å². The second-order valence-corrected chi connectivity index (χ2v) is 5.73. The number of nitrogens with zero attached hydrogens (tertiary/aromatic N) is 2. The molecule has 0 aliphatic heterocycles. The molecule has 4 nitrogen and oxygen atoms in total. The molecule has 0 bridgehead atoms. The molecule has 0 spiro atoms. The van der Waals surface area contributed by atoms with Gasteiger partial charge >= 0.3 is 5.97 Å². The quantitative estimate of drug-likeness (QED) is 0.934. The Kier molecular flexibility index (Phi) is 3.06. The first-order chi connectivity index (χ1) is 9.22. The highest BCUT2D eigenvalue weighted by Gasteiger charge is 2.44. The first kappa shape index (κ1) is 12.3. The summed E-state index contributed by atoms with van der Waals surface area (Å²) < 4.78 is 0. The molecule has 0 radical (unpaired) electrons. The normalized spacial score (nSPS) is 17.5. The number of carbonyl (C=O) groups is 1. The zero-order chi connectivity index (χ0) is 13.3. The molecule has 1 saturated carbocycles. The Morgan fingerprint density at radius 2 is 1.95 bits per heavy atom. The smallest absolute Gasteiger partial charge is 0.315 e. The zero-order valence-electron chi connectivity index (χ0n) is 10.4. The number of aliphatic carboxylic acids is 1. The van der Waals surface area contributed by atoms with Gasteiger partial charge < -0.3 is 5.11 Å². The maximum absolute atomic E-state index is 11.6. The molecule has 0 aromatic carbocycles. The maximum Gasteiger partial charge on any atom is 0.315 e. The zero-order valence-corrected chi connectivity index (χ0v) is 11.2. The summed E-state index contributed by atoms with van der Waals surface area (Å²) in [6.07, 6.45) is 6.77. The van der Waals surface area contributed by atoms with Gasteiger partial charge in [-0.2, -0.15) is 0 Å². The van der Waals surface area contributed by atoms with Crippen molar-refractivity contribution in [3.63, 3.8) is 0 Å². The Morgan fingerprint density at radius 1 is 1.26 bits per heavy atom. The highest BCUT2D eigenvalue weighted by molar-refractivity contribution is 7.13. The summed E-state index contributed by atoms with van der Waals surface area (Å²) >= 11 is 1.50. The van der Waals surface area contributed by atoms with Crippen LogP contribution in [0.2, 0.25) is 0 Å². The third kappa shape index (κ3) is 2.04. The summed E-state index contributed by atoms with van der Waals surface area (Å²) in [4.78, 5) is 20.2. The van der Waals surface area contributed by atoms with E-state index >= 15 is 0 Å². The summed E-state index contributed by atoms with van der Waals surface area (Å²) in [6, 6.07) is 3.79. The van der Waals surface area contributed by atoms with Crippen LogP contribution in [0.15, 0.2) is 29.9 Å². The summed E-state index contributed by atoms with van der Waals surface area (Å²) in [5.41, 5.74) is 0.945. The van der Waals surface area contributed by atoms with Crippen LogP contribution in [0.25, 0.3) is 10.6 Å². The molecule has 1 aliphatic carbocycles. The molecule has 5 heteroatoms. The molecule has 1 N–H and O–H groups in total. The van der Waals surface area contributed by atoms with Crippen molar-refractivity contribution in [3.05, 3.63) is 35.6 Å². The number of carboxylic acid groups (broad SMARTS) is 1. The molecule has 98 valence electrons. The minimum Gasteiger partial charge on any atom is -0.481 e. The van der Waals surface area contributed by atoms with E-state index in [2.05, 4.69) is 9.97 Å². The summed E-state index contributed by atoms with van der Waals surface area (Å²) in [7, 11) is 0. The van der Waals surface area contributed by atoms with Crippen molar-refractivity contribution in [2.24, 2.45) is 0 Å². The van der Waals surface area contributed by atoms with E-state index in [0.717, 1.165) is 23.4 Å². The van der Waals surface area contributed by atoms with Gasteiger partial charge in [0, 0.05) is 23.3 Å². The summed E-state index contributed by atoms with van der Waals surface area (Å²) in [5, 5.41) is 12.3. The lowest BCUT2D eigenvalue weighted by molar-refractivity contribution is -0.143. The summed E-state index contributed by atoms with van der Waals surface area (Å²) in [5.74, 6) is -0.739. The molecule has 19 heavy (non-hydrogen) atoms. The van der Waals surface area contributed by atoms with Crippen molar-refractivity contribution < 1.29 is 9.90 Å². The lowest BCUT2D eigenvalue weighted by atomic mass is 9.83. The predicted octanol–water partition coefficient (Wildman–Crippen LogP) is 3.10. The third-order valence-corrected chi connectivity index (χ3v) is 4.68. The lowest BCUT2D eigenvalue weighted by Gasteiger charge is -2.21. The van der Waals surface area contributed by atoms with Gasteiger partial charge in [0.25, 0.3) is 0 Å². The standard InChI is InChI=1S/C14H14N2O2S/c17-13(18)14(5-1-2-6-14)11-9-19-12(16-11)10-3-7-15-8-4-10/h3-4,7-9H,1-2,5-6H2,(H,17,18). The molecule has 0 atom stereocenters. The number of thiazole rings is 1. The van der Waals surface area contributed by atoms with E-state index in [1.54, 1.807) is 12.4 Å². The van der Waals surface area contributed by atoms with E-state index in [4.69, 9.17) is 0 Å². The van der Waals surface area contributed by atoms with Crippen LogP contribution in [0, 0.1) is 0 Å². The SMILES string of the molecule is O=C(O)C1(c2csc(-c3ccncc3)n2)CCCC1. The minimum absolute atomic E-state index is 0.696. The maximum atomic E-state index is 11.6. The second kappa shape index (κ2) is 4.74. The fourth-order valence-electron chi connectivity index (χ4n) is 2.68. The topological polar surface area (TPSA) is 63.1 Å². The Balaban J connectivity index is 1.99. The molecule has 0 unspecified atom stereocenters. The van der Waals surface area contributed by atoms with Crippen molar-refractivity contribution in [1.82, 2.24) is 9.97 Å². The van der Waals surface area contributed by atoms with Gasteiger partial charge in [0.05, 0.1) is 5.69 Å². The van der Waals surface area contributed by atoms with E-state index in [0.29, 0.717) is 18.5 Å². The molecule has 1 aliphatic rings. The largest absolute Gasteiger partial charge is 0.481 e. The predicted molar refractivity (Wildman–Crippen MR) is 73.1 cm³/mol. The molecule has 2 aromatic heterocycles. The van der Waals surface area contributed by atoms with Crippen LogP contribution in [-0.4, -0.2) is 21.0 Å². The number of hydrogen-bond acceptors (Lipinski definition) is 4. The van der Waals surface area contributed by atoms with Crippen molar-refractivity contribution in [2.45, 2.75) is 31.1 Å². The Labute approximate surface area is 115 Å². The van der Waals surface area contributed by atoms with Crippen LogP contribution in [0.4, 0.5) is 0 Å². The average Bonchev–Trinajstić information content (AvgIpc) is 3.09. The van der Waals surface area contributed by atoms with Gasteiger partial charge in [-0.3, -0.25) is 9.78 Å². The van der Waals surface area contributed by atoms with Crippen molar-refractivity contribution in [3.8, 4) is 10.6 Å². The molecule has 1 fully saturated rings. The van der Waals surface area contributed by atoms with Crippen LogP contribution in [0.5, 0.6) is 0 Å². The third-order valence-electron chi connectivity index (χ3n) is 3.79. The molecular formula is C14H14N2O2S. The monoisotopic (exact) mass is 274 g/mol. The molecule has 3 rings (SSSR count). The number of pyridine rings is 1. The molecule has 2 heterocycles. The van der Waals surface area contributed by atoms with E-state index < -0.39 is 11.4 Å². The van der Waals surface area contributed by atoms with Crippen LogP contribution >= 0.6 is 11.3 Å². The Bertz CT molecular complexity index is 589. The Hall–Kier alpha value is -1.75. The van der Waals surface area contributed by atoms with E-state index in [9.17, 15) is 9.90 Å². The average molecular weight is 274 g/mol. The van der Waals surface area contributed by atoms with E-state index in [-0.39, 0.29) is 0 Å². The van der Waals surface area contributed by atoms with Gasteiger partial charge in [0.2, 0.25) is 0 Å². The van der Waals surface area contributed by atoms with Gasteiger partial charge in [0.15, 0.2) is 0 Å². The highest BCUT2D eigenvalue weighted by atomic mass is 32.1. The van der Waals surface area contributed by atoms with Crippen LogP contribution in [-0.2, 0) is 10.2 Å². The molecular weight excluding hydrogens is 260 g/mol. The Morgan fingerprint density at radius 3 is 2.58 bits per heavy atom. The fraction of sp³-hybridized carbons (Fsp3) is 0.357. The first-order valence-electron chi connectivity index (χ1n) is 6.32. The van der Waals surface area contributed by atoms with Crippen molar-refractivity contribution >= 4 is 17.3 Å². The van der Waals surface area contributed by atoms with Crippen molar-refractivity contribution in [1.29, 1.82) is 0 Å². The van der Waals surface area contributed by atoms with Gasteiger partial charge in [-0.05, 0) is 25.0 Å². The minimum atomic E-state index is -0.762. The van der Waals surface area contributed by atoms with Crippen LogP contribution in [0.1, 0.15) is 31.4 Å². The first-order valence-corrected chi connectivity index (χ1v) is 7.20. The van der Waals surface area contributed by atoms with Gasteiger partial charge in [0.1, 0.15) is 10.4 Å². The lowest BCUT2D eigenvalue weighted by Crippen LogP contribution is -2.32. The van der Waals surface area contributed by atoms with Crippen molar-refractivity contribution in [2.75, 3.05) is 0 Å². The fourth-order valence-corrected chi connectivity index (χ4v) is 3.60. The van der Waals surface area contributed by atoms with E-state index in [1.807, 2.05) is 17.5 Å².